The monoisotopic (exact) mass is 414 g/mol. The maximum Gasteiger partial charge on any atom is 0.266 e. The molecule has 2 atom stereocenters. The van der Waals surface area contributed by atoms with Gasteiger partial charge in [0.1, 0.15) is 33.7 Å². The van der Waals surface area contributed by atoms with Crippen molar-refractivity contribution in [3.05, 3.63) is 49.9 Å². The minimum Gasteiger partial charge on any atom is -0.496 e. The largest absolute Gasteiger partial charge is 0.496 e. The van der Waals surface area contributed by atoms with E-state index in [2.05, 4.69) is 4.98 Å². The smallest absolute Gasteiger partial charge is 0.266 e. The molecular formula is C20H15ClN2O6. The Morgan fingerprint density at radius 2 is 1.93 bits per heavy atom. The van der Waals surface area contributed by atoms with Crippen LogP contribution in [0.1, 0.15) is 45.3 Å². The second kappa shape index (κ2) is 6.36. The van der Waals surface area contributed by atoms with E-state index in [1.165, 1.54) is 26.4 Å². The number of ether oxygens (including phenoxy) is 3. The van der Waals surface area contributed by atoms with Crippen molar-refractivity contribution in [2.24, 2.45) is 5.92 Å². The molecule has 1 spiro atoms. The van der Waals surface area contributed by atoms with Crippen LogP contribution in [-0.4, -0.2) is 30.8 Å². The Hall–Kier alpha value is -3.31. The molecule has 0 fully saturated rings. The molecule has 8 nitrogen and oxygen atoms in total. The lowest BCUT2D eigenvalue weighted by molar-refractivity contribution is 0.0191. The summed E-state index contributed by atoms with van der Waals surface area (Å²) in [7, 11) is 2.81. The molecule has 2 unspecified atom stereocenters. The Labute approximate surface area is 170 Å². The van der Waals surface area contributed by atoms with E-state index in [0.29, 0.717) is 0 Å². The Morgan fingerprint density at radius 3 is 2.55 bits per heavy atom. The van der Waals surface area contributed by atoms with E-state index in [4.69, 9.17) is 31.1 Å². The summed E-state index contributed by atoms with van der Waals surface area (Å²) in [5.41, 5.74) is -2.42. The highest BCUT2D eigenvalue weighted by Gasteiger charge is 2.60. The van der Waals surface area contributed by atoms with Gasteiger partial charge >= 0.3 is 0 Å². The van der Waals surface area contributed by atoms with E-state index in [-0.39, 0.29) is 56.9 Å². The van der Waals surface area contributed by atoms with E-state index >= 15 is 0 Å². The normalized spacial score (nSPS) is 22.0. The summed E-state index contributed by atoms with van der Waals surface area (Å²) in [6.07, 6.45) is -0.0132. The number of carbonyl (C=O) groups is 2. The fourth-order valence-electron chi connectivity index (χ4n) is 3.99. The molecule has 1 aromatic heterocycles. The topological polar surface area (TPSA) is 118 Å². The number of Topliss-reactive ketones (excluding diaryl/α,β-unsaturated/α-hetero) is 2. The average molecular weight is 415 g/mol. The van der Waals surface area contributed by atoms with Gasteiger partial charge in [-0.2, -0.15) is 5.26 Å². The molecular weight excluding hydrogens is 400 g/mol. The third-order valence-electron chi connectivity index (χ3n) is 5.44. The lowest BCUT2D eigenvalue weighted by atomic mass is 9.71. The highest BCUT2D eigenvalue weighted by atomic mass is 35.5. The van der Waals surface area contributed by atoms with Crippen molar-refractivity contribution in [2.45, 2.75) is 18.9 Å². The number of carbonyl (C=O) groups excluding carboxylic acids is 2. The zero-order chi connectivity index (χ0) is 21.1. The summed E-state index contributed by atoms with van der Waals surface area (Å²) in [5.74, 6) is -0.891. The van der Waals surface area contributed by atoms with Gasteiger partial charge in [0, 0.05) is 24.0 Å². The molecule has 9 heteroatoms. The molecule has 0 radical (unpaired) electrons. The van der Waals surface area contributed by atoms with Crippen molar-refractivity contribution < 1.29 is 23.8 Å². The van der Waals surface area contributed by atoms with Crippen LogP contribution < -0.4 is 19.8 Å². The Bertz CT molecular complexity index is 1190. The van der Waals surface area contributed by atoms with Gasteiger partial charge in [-0.1, -0.05) is 18.5 Å². The number of fused-ring (bicyclic) bond motifs is 3. The SMILES string of the molecule is COc1cc(OC)c2c(c1Cl)OC1(C2=O)c2[nH]c(=O)c(C#N)cc2C(=O)CC1C. The predicted octanol–water partition coefficient (Wildman–Crippen LogP) is 2.61. The number of rotatable bonds is 2. The van der Waals surface area contributed by atoms with Crippen molar-refractivity contribution in [2.75, 3.05) is 14.2 Å². The van der Waals surface area contributed by atoms with E-state index in [1.54, 1.807) is 13.0 Å². The van der Waals surface area contributed by atoms with Crippen molar-refractivity contribution in [1.82, 2.24) is 4.98 Å². The summed E-state index contributed by atoms with van der Waals surface area (Å²) in [6.45, 7) is 1.68. The number of aromatic nitrogens is 1. The minimum absolute atomic E-state index is 0.0132. The highest BCUT2D eigenvalue weighted by Crippen LogP contribution is 2.56. The van der Waals surface area contributed by atoms with Crippen LogP contribution in [0.2, 0.25) is 5.02 Å². The third-order valence-corrected chi connectivity index (χ3v) is 5.80. The Balaban J connectivity index is 2.05. The number of hydrogen-bond acceptors (Lipinski definition) is 7. The van der Waals surface area contributed by atoms with Gasteiger partial charge in [0.15, 0.2) is 11.5 Å². The number of nitrogens with one attached hydrogen (secondary N) is 1. The number of hydrogen-bond donors (Lipinski definition) is 1. The number of nitrogens with zero attached hydrogens (tertiary/aromatic N) is 1. The minimum atomic E-state index is -1.68. The summed E-state index contributed by atoms with van der Waals surface area (Å²) in [4.78, 5) is 41.1. The first-order valence-electron chi connectivity index (χ1n) is 8.69. The van der Waals surface area contributed by atoms with Gasteiger partial charge < -0.3 is 19.2 Å². The van der Waals surface area contributed by atoms with Crippen LogP contribution in [0.15, 0.2) is 16.9 Å². The Kier molecular flexibility index (Phi) is 4.17. The van der Waals surface area contributed by atoms with Gasteiger partial charge in [-0.05, 0) is 6.07 Å². The van der Waals surface area contributed by atoms with Gasteiger partial charge in [-0.25, -0.2) is 0 Å². The highest BCUT2D eigenvalue weighted by molar-refractivity contribution is 6.35. The number of ketones is 2. The molecule has 1 aliphatic carbocycles. The van der Waals surface area contributed by atoms with Crippen LogP contribution in [0.4, 0.5) is 0 Å². The number of aromatic amines is 1. The van der Waals surface area contributed by atoms with E-state index in [1.807, 2.05) is 0 Å². The zero-order valence-electron chi connectivity index (χ0n) is 15.7. The van der Waals surface area contributed by atoms with Crippen LogP contribution >= 0.6 is 11.6 Å². The fourth-order valence-corrected chi connectivity index (χ4v) is 4.26. The Morgan fingerprint density at radius 1 is 1.24 bits per heavy atom. The maximum absolute atomic E-state index is 13.6. The molecule has 1 aromatic carbocycles. The molecule has 0 saturated carbocycles. The van der Waals surface area contributed by atoms with Gasteiger partial charge in [0.25, 0.3) is 5.56 Å². The third kappa shape index (κ3) is 2.34. The van der Waals surface area contributed by atoms with Gasteiger partial charge in [-0.3, -0.25) is 14.4 Å². The molecule has 148 valence electrons. The number of pyridine rings is 1. The van der Waals surface area contributed by atoms with E-state index in [9.17, 15) is 14.4 Å². The summed E-state index contributed by atoms with van der Waals surface area (Å²) in [5, 5.41) is 9.22. The summed E-state index contributed by atoms with van der Waals surface area (Å²) >= 11 is 6.39. The fraction of sp³-hybridized carbons (Fsp3) is 0.300. The second-order valence-corrected chi connectivity index (χ2v) is 7.28. The number of H-pyrrole nitrogens is 1. The van der Waals surface area contributed by atoms with E-state index < -0.39 is 22.9 Å². The van der Waals surface area contributed by atoms with Crippen molar-refractivity contribution in [3.63, 3.8) is 0 Å². The molecule has 2 aliphatic rings. The van der Waals surface area contributed by atoms with Gasteiger partial charge in [-0.15, -0.1) is 0 Å². The molecule has 0 saturated heterocycles. The van der Waals surface area contributed by atoms with Crippen LogP contribution in [0, 0.1) is 17.2 Å². The predicted molar refractivity (Wildman–Crippen MR) is 101 cm³/mol. The van der Waals surface area contributed by atoms with Crippen LogP contribution in [0.3, 0.4) is 0 Å². The molecule has 0 amide bonds. The lowest BCUT2D eigenvalue weighted by Crippen LogP contribution is -2.50. The molecule has 1 N–H and O–H groups in total. The quantitative estimate of drug-likeness (QED) is 0.802. The number of benzene rings is 1. The zero-order valence-corrected chi connectivity index (χ0v) is 16.5. The van der Waals surface area contributed by atoms with Crippen molar-refractivity contribution in [1.29, 1.82) is 5.26 Å². The van der Waals surface area contributed by atoms with E-state index in [0.717, 1.165) is 0 Å². The molecule has 0 bridgehead atoms. The first-order chi connectivity index (χ1) is 13.8. The molecule has 2 heterocycles. The summed E-state index contributed by atoms with van der Waals surface area (Å²) in [6, 6.07) is 4.42. The average Bonchev–Trinajstić information content (AvgIpc) is 3.02. The first-order valence-corrected chi connectivity index (χ1v) is 9.07. The maximum atomic E-state index is 13.6. The lowest BCUT2D eigenvalue weighted by Gasteiger charge is -2.37. The molecule has 1 aliphatic heterocycles. The van der Waals surface area contributed by atoms with Crippen LogP contribution in [0.25, 0.3) is 0 Å². The number of halogens is 1. The molecule has 29 heavy (non-hydrogen) atoms. The number of nitriles is 1. The van der Waals surface area contributed by atoms with Gasteiger partial charge in [0.05, 0.1) is 19.9 Å². The van der Waals surface area contributed by atoms with Gasteiger partial charge in [0.2, 0.25) is 11.4 Å². The van der Waals surface area contributed by atoms with Crippen molar-refractivity contribution >= 4 is 23.2 Å². The molecule has 2 aromatic rings. The van der Waals surface area contributed by atoms with Crippen molar-refractivity contribution in [3.8, 4) is 23.3 Å². The van der Waals surface area contributed by atoms with Crippen LogP contribution in [-0.2, 0) is 5.60 Å². The standard InChI is InChI=1S/C20H15ClN2O6/c1-8-4-11(24)10-5-9(7-22)19(26)23-17(10)20(8)18(25)14-12(27-2)6-13(28-3)15(21)16(14)29-20/h5-6,8H,4H2,1-3H3,(H,23,26). The second-order valence-electron chi connectivity index (χ2n) is 6.91. The number of methoxy groups -OCH3 is 2. The summed E-state index contributed by atoms with van der Waals surface area (Å²) < 4.78 is 16.7. The first kappa shape index (κ1) is 19.0. The molecule has 4 rings (SSSR count). The van der Waals surface area contributed by atoms with Crippen LogP contribution in [0.5, 0.6) is 17.2 Å².